The van der Waals surface area contributed by atoms with Gasteiger partial charge < -0.3 is 15.2 Å². The van der Waals surface area contributed by atoms with E-state index >= 15 is 0 Å². The van der Waals surface area contributed by atoms with Crippen molar-refractivity contribution in [3.63, 3.8) is 0 Å². The maximum absolute atomic E-state index is 12.6. The molecule has 5 nitrogen and oxygen atoms in total. The molecular weight excluding hydrogens is 326 g/mol. The van der Waals surface area contributed by atoms with Crippen LogP contribution in [0.25, 0.3) is 0 Å². The van der Waals surface area contributed by atoms with Gasteiger partial charge in [-0.15, -0.1) is 0 Å². The Morgan fingerprint density at radius 1 is 1.19 bits per heavy atom. The number of allylic oxidation sites excluding steroid dienone is 4. The molecule has 2 aliphatic rings. The van der Waals surface area contributed by atoms with Gasteiger partial charge in [0.25, 0.3) is 5.91 Å². The van der Waals surface area contributed by atoms with Gasteiger partial charge in [0.1, 0.15) is 5.76 Å². The maximum atomic E-state index is 12.6. The molecule has 0 saturated heterocycles. The topological polar surface area (TPSA) is 67.2 Å². The molecule has 1 aromatic heterocycles. The molecule has 1 amide bonds. The van der Waals surface area contributed by atoms with Crippen LogP contribution in [0.15, 0.2) is 76.6 Å². The van der Waals surface area contributed by atoms with E-state index in [0.29, 0.717) is 18.2 Å². The van der Waals surface area contributed by atoms with Crippen LogP contribution in [0.1, 0.15) is 47.0 Å². The van der Waals surface area contributed by atoms with Gasteiger partial charge in [0, 0.05) is 30.6 Å². The van der Waals surface area contributed by atoms with E-state index in [1.165, 1.54) is 5.56 Å². The van der Waals surface area contributed by atoms with Gasteiger partial charge >= 0.3 is 0 Å². The normalized spacial score (nSPS) is 16.5. The molecule has 2 aliphatic carbocycles. The van der Waals surface area contributed by atoms with E-state index in [-0.39, 0.29) is 5.91 Å². The van der Waals surface area contributed by atoms with Crippen molar-refractivity contribution in [2.45, 2.75) is 31.7 Å². The first-order valence-corrected chi connectivity index (χ1v) is 8.92. The number of benzene rings is 1. The first-order chi connectivity index (χ1) is 12.8. The molecule has 0 radical (unpaired) electrons. The molecule has 26 heavy (non-hydrogen) atoms. The molecule has 0 bridgehead atoms. The zero-order chi connectivity index (χ0) is 17.8. The van der Waals surface area contributed by atoms with Gasteiger partial charge in [0.15, 0.2) is 5.69 Å². The molecule has 0 spiro atoms. The molecule has 2 N–H and O–H groups in total. The number of rotatable bonds is 6. The summed E-state index contributed by atoms with van der Waals surface area (Å²) in [5, 5.41) is 10.3. The molecule has 1 fully saturated rings. The van der Waals surface area contributed by atoms with Gasteiger partial charge in [-0.3, -0.25) is 4.79 Å². The Morgan fingerprint density at radius 2 is 2.04 bits per heavy atom. The number of aromatic nitrogens is 1. The number of amides is 1. The summed E-state index contributed by atoms with van der Waals surface area (Å²) in [4.78, 5) is 12.6. The number of hydrogen-bond donors (Lipinski definition) is 2. The molecule has 132 valence electrons. The molecule has 0 unspecified atom stereocenters. The number of carbonyl (C=O) groups is 1. The molecule has 0 aliphatic heterocycles. The highest BCUT2D eigenvalue weighted by Gasteiger charge is 2.29. The van der Waals surface area contributed by atoms with Crippen LogP contribution >= 0.6 is 0 Å². The first-order valence-electron chi connectivity index (χ1n) is 8.92. The average Bonchev–Trinajstić information content (AvgIpc) is 3.44. The fourth-order valence-corrected chi connectivity index (χ4v) is 2.86. The molecule has 5 heteroatoms. The molecule has 2 aromatic rings. The third-order valence-electron chi connectivity index (χ3n) is 4.49. The van der Waals surface area contributed by atoms with Crippen molar-refractivity contribution in [3.05, 3.63) is 89.1 Å². The van der Waals surface area contributed by atoms with Crippen LogP contribution in [0.5, 0.6) is 0 Å². The predicted molar refractivity (Wildman–Crippen MR) is 99.1 cm³/mol. The van der Waals surface area contributed by atoms with E-state index in [4.69, 9.17) is 4.52 Å². The third-order valence-corrected chi connectivity index (χ3v) is 4.49. The van der Waals surface area contributed by atoms with Crippen molar-refractivity contribution in [1.82, 2.24) is 15.8 Å². The Hall–Kier alpha value is -3.08. The van der Waals surface area contributed by atoms with E-state index < -0.39 is 0 Å². The summed E-state index contributed by atoms with van der Waals surface area (Å²) in [7, 11) is 0. The predicted octanol–water partition coefficient (Wildman–Crippen LogP) is 3.80. The van der Waals surface area contributed by atoms with Crippen molar-refractivity contribution in [2.24, 2.45) is 0 Å². The van der Waals surface area contributed by atoms with Gasteiger partial charge in [-0.25, -0.2) is 0 Å². The van der Waals surface area contributed by atoms with E-state index in [0.717, 1.165) is 36.4 Å². The van der Waals surface area contributed by atoms with E-state index in [1.54, 1.807) is 6.07 Å². The lowest BCUT2D eigenvalue weighted by Crippen LogP contribution is -2.26. The van der Waals surface area contributed by atoms with Gasteiger partial charge in [-0.2, -0.15) is 0 Å². The molecular formula is C21H21N3O2. The van der Waals surface area contributed by atoms with Crippen LogP contribution in [-0.2, 0) is 6.54 Å². The number of nitrogens with one attached hydrogen (secondary N) is 2. The van der Waals surface area contributed by atoms with E-state index in [1.807, 2.05) is 36.4 Å². The van der Waals surface area contributed by atoms with Crippen LogP contribution in [0.2, 0.25) is 0 Å². The quantitative estimate of drug-likeness (QED) is 0.834. The highest BCUT2D eigenvalue weighted by molar-refractivity contribution is 5.93. The van der Waals surface area contributed by atoms with E-state index in [2.05, 4.69) is 34.0 Å². The van der Waals surface area contributed by atoms with Crippen molar-refractivity contribution in [1.29, 1.82) is 0 Å². The zero-order valence-electron chi connectivity index (χ0n) is 14.4. The maximum Gasteiger partial charge on any atom is 0.277 e. The minimum absolute atomic E-state index is 0.249. The summed E-state index contributed by atoms with van der Waals surface area (Å²) in [5.41, 5.74) is 3.24. The van der Waals surface area contributed by atoms with Crippen LogP contribution < -0.4 is 10.6 Å². The fourth-order valence-electron chi connectivity index (χ4n) is 2.86. The van der Waals surface area contributed by atoms with Crippen molar-refractivity contribution in [2.75, 3.05) is 0 Å². The van der Waals surface area contributed by atoms with Crippen LogP contribution in [-0.4, -0.2) is 11.1 Å². The second kappa shape index (κ2) is 7.44. The lowest BCUT2D eigenvalue weighted by molar-refractivity contribution is 0.0957. The first kappa shape index (κ1) is 16.4. The Balaban J connectivity index is 1.48. The Kier molecular flexibility index (Phi) is 4.69. The van der Waals surface area contributed by atoms with Crippen LogP contribution in [0.3, 0.4) is 0 Å². The number of hydrogen-bond acceptors (Lipinski definition) is 4. The summed E-state index contributed by atoms with van der Waals surface area (Å²) >= 11 is 0. The second-order valence-electron chi connectivity index (χ2n) is 6.57. The molecule has 1 aromatic carbocycles. The summed E-state index contributed by atoms with van der Waals surface area (Å²) < 4.78 is 5.28. The Labute approximate surface area is 152 Å². The summed E-state index contributed by atoms with van der Waals surface area (Å²) in [5.74, 6) is 0.999. The lowest BCUT2D eigenvalue weighted by atomic mass is 10.2. The lowest BCUT2D eigenvalue weighted by Gasteiger charge is -2.14. The molecule has 0 atom stereocenters. The largest absolute Gasteiger partial charge is 0.382 e. The average molecular weight is 347 g/mol. The zero-order valence-corrected chi connectivity index (χ0v) is 14.4. The van der Waals surface area contributed by atoms with Gasteiger partial charge in [-0.1, -0.05) is 53.7 Å². The summed E-state index contributed by atoms with van der Waals surface area (Å²) in [6, 6.07) is 11.9. The van der Waals surface area contributed by atoms with Gasteiger partial charge in [-0.05, 0) is 24.5 Å². The third kappa shape index (κ3) is 3.94. The fraction of sp³-hybridized carbons (Fsp3) is 0.238. The highest BCUT2D eigenvalue weighted by atomic mass is 16.5. The number of nitrogens with zero attached hydrogens (tertiary/aromatic N) is 1. The second-order valence-corrected chi connectivity index (χ2v) is 6.57. The smallest absolute Gasteiger partial charge is 0.277 e. The Morgan fingerprint density at radius 3 is 2.85 bits per heavy atom. The van der Waals surface area contributed by atoms with Crippen molar-refractivity contribution < 1.29 is 9.32 Å². The van der Waals surface area contributed by atoms with Crippen molar-refractivity contribution in [3.8, 4) is 0 Å². The van der Waals surface area contributed by atoms with Crippen LogP contribution in [0.4, 0.5) is 0 Å². The van der Waals surface area contributed by atoms with Crippen molar-refractivity contribution >= 4 is 5.91 Å². The molecule has 4 rings (SSSR count). The van der Waals surface area contributed by atoms with Gasteiger partial charge in [0.2, 0.25) is 0 Å². The van der Waals surface area contributed by atoms with E-state index in [9.17, 15) is 4.79 Å². The Bertz CT molecular complexity index is 874. The monoisotopic (exact) mass is 347 g/mol. The SMILES string of the molecule is O=C(NC1=C(NCc2ccccc2)CC=CC=C1)c1cc(C2CC2)on1. The standard InChI is InChI=1S/C21H21N3O2/c25-21(19-13-20(26-24-19)16-11-12-16)23-18-10-6-2-5-9-17(18)22-14-15-7-3-1-4-8-15/h1-8,10,13,16,22H,9,11-12,14H2,(H,23,25). The molecule has 1 heterocycles. The summed E-state index contributed by atoms with van der Waals surface area (Å²) in [6.07, 6.45) is 10.8. The summed E-state index contributed by atoms with van der Waals surface area (Å²) in [6.45, 7) is 0.701. The number of carbonyl (C=O) groups excluding carboxylic acids is 1. The molecule has 1 saturated carbocycles. The van der Waals surface area contributed by atoms with Gasteiger partial charge in [0.05, 0.1) is 5.70 Å². The minimum atomic E-state index is -0.249. The minimum Gasteiger partial charge on any atom is -0.382 e. The highest BCUT2D eigenvalue weighted by Crippen LogP contribution is 2.40. The van der Waals surface area contributed by atoms with Crippen LogP contribution in [0, 0.1) is 0 Å².